The molecule has 1 N–H and O–H groups in total. The van der Waals surface area contributed by atoms with Crippen LogP contribution in [0.1, 0.15) is 39.4 Å². The first-order valence-electron chi connectivity index (χ1n) is 6.86. The highest BCUT2D eigenvalue weighted by Gasteiger charge is 2.30. The predicted octanol–water partition coefficient (Wildman–Crippen LogP) is 1.84. The van der Waals surface area contributed by atoms with E-state index in [4.69, 9.17) is 4.74 Å². The molecule has 104 valence electrons. The van der Waals surface area contributed by atoms with Gasteiger partial charge in [-0.05, 0) is 32.1 Å². The number of fused-ring (bicyclic) bond motifs is 1. The van der Waals surface area contributed by atoms with Crippen LogP contribution < -0.4 is 4.74 Å². The Hall–Kier alpha value is -1.07. The Bertz CT molecular complexity index is 489. The summed E-state index contributed by atoms with van der Waals surface area (Å²) in [6.45, 7) is 1.29. The fraction of sp³-hybridized carbons (Fsp3) is 0.643. The molecule has 0 unspecified atom stereocenters. The molecule has 0 radical (unpaired) electrons. The summed E-state index contributed by atoms with van der Waals surface area (Å²) in [5.74, 6) is 0.872. The van der Waals surface area contributed by atoms with Gasteiger partial charge in [0.1, 0.15) is 10.6 Å². The third kappa shape index (κ3) is 2.25. The van der Waals surface area contributed by atoms with Gasteiger partial charge in [0, 0.05) is 23.5 Å². The van der Waals surface area contributed by atoms with Crippen LogP contribution in [0.5, 0.6) is 5.75 Å². The van der Waals surface area contributed by atoms with Gasteiger partial charge in [-0.15, -0.1) is 11.3 Å². The first-order chi connectivity index (χ1) is 9.20. The number of rotatable bonds is 2. The van der Waals surface area contributed by atoms with E-state index in [0.717, 1.165) is 23.5 Å². The summed E-state index contributed by atoms with van der Waals surface area (Å²) in [6, 6.07) is 0. The lowest BCUT2D eigenvalue weighted by Crippen LogP contribution is -2.39. The fourth-order valence-electron chi connectivity index (χ4n) is 2.94. The van der Waals surface area contributed by atoms with Gasteiger partial charge in [-0.3, -0.25) is 4.79 Å². The van der Waals surface area contributed by atoms with Crippen LogP contribution in [0.2, 0.25) is 0 Å². The summed E-state index contributed by atoms with van der Waals surface area (Å²) in [5.41, 5.74) is 1.24. The van der Waals surface area contributed by atoms with E-state index >= 15 is 0 Å². The second-order valence-electron chi connectivity index (χ2n) is 5.24. The van der Waals surface area contributed by atoms with Crippen molar-refractivity contribution in [3.63, 3.8) is 0 Å². The maximum atomic E-state index is 12.6. The number of carbonyl (C=O) groups is 1. The van der Waals surface area contributed by atoms with Crippen LogP contribution in [0.3, 0.4) is 0 Å². The van der Waals surface area contributed by atoms with Crippen LogP contribution in [0.4, 0.5) is 0 Å². The molecule has 4 nitrogen and oxygen atoms in total. The minimum atomic E-state index is -0.251. The third-order valence-electron chi connectivity index (χ3n) is 4.02. The van der Waals surface area contributed by atoms with Crippen LogP contribution >= 0.6 is 11.3 Å². The first kappa shape index (κ1) is 12.9. The molecule has 1 aromatic rings. The van der Waals surface area contributed by atoms with E-state index in [-0.39, 0.29) is 12.0 Å². The average molecular weight is 281 g/mol. The van der Waals surface area contributed by atoms with Crippen LogP contribution in [-0.4, -0.2) is 42.2 Å². The van der Waals surface area contributed by atoms with Crippen LogP contribution in [0.15, 0.2) is 0 Å². The zero-order valence-electron chi connectivity index (χ0n) is 11.1. The molecule has 19 heavy (non-hydrogen) atoms. The van der Waals surface area contributed by atoms with Gasteiger partial charge in [0.05, 0.1) is 13.2 Å². The summed E-state index contributed by atoms with van der Waals surface area (Å²) >= 11 is 1.60. The van der Waals surface area contributed by atoms with Crippen molar-refractivity contribution in [3.8, 4) is 5.75 Å². The molecule has 1 aliphatic heterocycles. The number of ether oxygens (including phenoxy) is 1. The molecule has 2 aliphatic rings. The van der Waals surface area contributed by atoms with E-state index in [1.54, 1.807) is 18.4 Å². The Morgan fingerprint density at radius 3 is 2.79 bits per heavy atom. The second-order valence-corrected chi connectivity index (χ2v) is 6.35. The first-order valence-corrected chi connectivity index (χ1v) is 7.68. The standard InChI is InChI=1S/C14H19NO3S/c1-18-12-10-3-2-4-11(10)19-13(12)14(17)15-7-5-9(16)6-8-15/h9,16H,2-8H2,1H3. The molecule has 0 spiro atoms. The van der Waals surface area contributed by atoms with Crippen LogP contribution in [-0.2, 0) is 12.8 Å². The van der Waals surface area contributed by atoms with Gasteiger partial charge >= 0.3 is 0 Å². The molecule has 0 aromatic carbocycles. The van der Waals surface area contributed by atoms with Gasteiger partial charge in [0.15, 0.2) is 0 Å². The molecule has 1 aliphatic carbocycles. The lowest BCUT2D eigenvalue weighted by molar-refractivity contribution is 0.0548. The van der Waals surface area contributed by atoms with Gasteiger partial charge in [-0.2, -0.15) is 0 Å². The monoisotopic (exact) mass is 281 g/mol. The van der Waals surface area contributed by atoms with Crippen molar-refractivity contribution >= 4 is 17.2 Å². The highest BCUT2D eigenvalue weighted by Crippen LogP contribution is 2.41. The second kappa shape index (κ2) is 5.13. The number of aryl methyl sites for hydroxylation is 1. The topological polar surface area (TPSA) is 49.8 Å². The fourth-order valence-corrected chi connectivity index (χ4v) is 4.27. The largest absolute Gasteiger partial charge is 0.495 e. The third-order valence-corrected chi connectivity index (χ3v) is 5.28. The normalized spacial score (nSPS) is 19.6. The van der Waals surface area contributed by atoms with E-state index < -0.39 is 0 Å². The molecule has 1 saturated heterocycles. The average Bonchev–Trinajstić information content (AvgIpc) is 2.98. The zero-order valence-corrected chi connectivity index (χ0v) is 12.0. The quantitative estimate of drug-likeness (QED) is 0.900. The Labute approximate surface area is 117 Å². The van der Waals surface area contributed by atoms with E-state index in [1.807, 2.05) is 4.90 Å². The van der Waals surface area contributed by atoms with E-state index in [9.17, 15) is 9.90 Å². The predicted molar refractivity (Wildman–Crippen MR) is 74.0 cm³/mol. The Morgan fingerprint density at radius 1 is 1.37 bits per heavy atom. The molecular formula is C14H19NO3S. The maximum Gasteiger partial charge on any atom is 0.267 e. The molecule has 3 rings (SSSR count). The van der Waals surface area contributed by atoms with Crippen molar-refractivity contribution < 1.29 is 14.6 Å². The number of methoxy groups -OCH3 is 1. The highest BCUT2D eigenvalue weighted by atomic mass is 32.1. The summed E-state index contributed by atoms with van der Waals surface area (Å²) < 4.78 is 5.47. The maximum absolute atomic E-state index is 12.6. The number of carbonyl (C=O) groups excluding carboxylic acids is 1. The minimum Gasteiger partial charge on any atom is -0.495 e. The highest BCUT2D eigenvalue weighted by molar-refractivity contribution is 7.14. The number of thiophene rings is 1. The number of aliphatic hydroxyl groups excluding tert-OH is 1. The minimum absolute atomic E-state index is 0.0724. The number of likely N-dealkylation sites (tertiary alicyclic amines) is 1. The lowest BCUT2D eigenvalue weighted by atomic mass is 10.1. The van der Waals surface area contributed by atoms with E-state index in [1.165, 1.54) is 16.9 Å². The summed E-state index contributed by atoms with van der Waals surface area (Å²) in [6.07, 6.45) is 4.38. The van der Waals surface area contributed by atoms with Crippen molar-refractivity contribution in [1.29, 1.82) is 0 Å². The molecule has 2 heterocycles. The Kier molecular flexibility index (Phi) is 3.50. The van der Waals surface area contributed by atoms with Crippen molar-refractivity contribution in [2.24, 2.45) is 0 Å². The number of hydrogen-bond acceptors (Lipinski definition) is 4. The molecule has 0 saturated carbocycles. The molecule has 1 amide bonds. The van der Waals surface area contributed by atoms with Crippen molar-refractivity contribution in [1.82, 2.24) is 4.90 Å². The molecule has 1 aromatic heterocycles. The van der Waals surface area contributed by atoms with Gasteiger partial charge in [0.25, 0.3) is 5.91 Å². The summed E-state index contributed by atoms with van der Waals surface area (Å²) in [7, 11) is 1.65. The zero-order chi connectivity index (χ0) is 13.4. The van der Waals surface area contributed by atoms with Gasteiger partial charge in [-0.1, -0.05) is 0 Å². The van der Waals surface area contributed by atoms with Crippen LogP contribution in [0.25, 0.3) is 0 Å². The number of piperidine rings is 1. The van der Waals surface area contributed by atoms with Crippen LogP contribution in [0, 0.1) is 0 Å². The van der Waals surface area contributed by atoms with E-state index in [0.29, 0.717) is 25.9 Å². The molecular weight excluding hydrogens is 262 g/mol. The molecule has 1 fully saturated rings. The smallest absolute Gasteiger partial charge is 0.267 e. The SMILES string of the molecule is COc1c(C(=O)N2CCC(O)CC2)sc2c1CCC2. The summed E-state index contributed by atoms with van der Waals surface area (Å²) in [4.78, 5) is 16.5. The number of aliphatic hydroxyl groups is 1. The number of nitrogens with zero attached hydrogens (tertiary/aromatic N) is 1. The van der Waals surface area contributed by atoms with Gasteiger partial charge in [0.2, 0.25) is 0 Å². The van der Waals surface area contributed by atoms with Gasteiger partial charge in [-0.25, -0.2) is 0 Å². The van der Waals surface area contributed by atoms with Gasteiger partial charge < -0.3 is 14.7 Å². The molecule has 0 bridgehead atoms. The van der Waals surface area contributed by atoms with Crippen molar-refractivity contribution in [2.75, 3.05) is 20.2 Å². The Balaban J connectivity index is 1.84. The van der Waals surface area contributed by atoms with Crippen molar-refractivity contribution in [2.45, 2.75) is 38.2 Å². The molecule has 0 atom stereocenters. The lowest BCUT2D eigenvalue weighted by Gasteiger charge is -2.29. The van der Waals surface area contributed by atoms with Crippen molar-refractivity contribution in [3.05, 3.63) is 15.3 Å². The molecule has 5 heteroatoms. The summed E-state index contributed by atoms with van der Waals surface area (Å²) in [5, 5.41) is 9.52. The Morgan fingerprint density at radius 2 is 2.11 bits per heavy atom. The number of hydrogen-bond donors (Lipinski definition) is 1. The number of amides is 1. The van der Waals surface area contributed by atoms with E-state index in [2.05, 4.69) is 0 Å².